The predicted molar refractivity (Wildman–Crippen MR) is 125 cm³/mol. The molecule has 9 heteroatoms. The Balaban J connectivity index is 1.57. The summed E-state index contributed by atoms with van der Waals surface area (Å²) in [5, 5.41) is 11.3. The van der Waals surface area contributed by atoms with Crippen molar-refractivity contribution >= 4 is 17.9 Å². The largest absolute Gasteiger partial charge is 0.462 e. The number of carbonyl (C=O) groups is 3. The molecule has 0 amide bonds. The van der Waals surface area contributed by atoms with Crippen LogP contribution in [0.3, 0.4) is 0 Å². The highest BCUT2D eigenvalue weighted by molar-refractivity contribution is 5.85. The van der Waals surface area contributed by atoms with E-state index in [4.69, 9.17) is 23.7 Å². The van der Waals surface area contributed by atoms with Gasteiger partial charge in [0.2, 0.25) is 0 Å². The SMILES string of the molecule is CC1=C[C@H]2O[C@@H]3C(O)[C@H]4OC(=O)/C=C\C=C/C(=O)OCC/C(C)=C\C(=O)OC[C@@]2(CC1)[C@]4(C)[C@@]31CO1. The maximum Gasteiger partial charge on any atom is 0.331 e. The lowest BCUT2D eigenvalue weighted by Gasteiger charge is -2.58. The Bertz CT molecular complexity index is 1080. The Morgan fingerprint density at radius 3 is 2.36 bits per heavy atom. The van der Waals surface area contributed by atoms with Crippen LogP contribution in [0.25, 0.3) is 0 Å². The van der Waals surface area contributed by atoms with Crippen molar-refractivity contribution in [2.24, 2.45) is 10.8 Å². The van der Waals surface area contributed by atoms with Crippen LogP contribution in [0.15, 0.2) is 47.6 Å². The molecular formula is C27H32O9. The second kappa shape index (κ2) is 8.97. The minimum Gasteiger partial charge on any atom is -0.462 e. The number of ether oxygens (including phenoxy) is 5. The van der Waals surface area contributed by atoms with Gasteiger partial charge in [-0.05, 0) is 26.7 Å². The Labute approximate surface area is 209 Å². The Morgan fingerprint density at radius 1 is 0.917 bits per heavy atom. The molecule has 2 aliphatic carbocycles. The van der Waals surface area contributed by atoms with Crippen LogP contribution in [0.2, 0.25) is 0 Å². The second-order valence-corrected chi connectivity index (χ2v) is 10.6. The van der Waals surface area contributed by atoms with Gasteiger partial charge in [-0.15, -0.1) is 0 Å². The van der Waals surface area contributed by atoms with E-state index in [2.05, 4.69) is 0 Å². The zero-order chi connectivity index (χ0) is 25.7. The van der Waals surface area contributed by atoms with Gasteiger partial charge in [-0.3, -0.25) is 0 Å². The number of cyclic esters (lactones) is 2. The first-order valence-corrected chi connectivity index (χ1v) is 12.3. The molecule has 1 unspecified atom stereocenters. The number of epoxide rings is 1. The van der Waals surface area contributed by atoms with E-state index in [0.717, 1.165) is 12.0 Å². The van der Waals surface area contributed by atoms with E-state index in [1.807, 2.05) is 19.9 Å². The molecule has 0 radical (unpaired) electrons. The van der Waals surface area contributed by atoms with Gasteiger partial charge in [0.15, 0.2) is 0 Å². The summed E-state index contributed by atoms with van der Waals surface area (Å²) in [7, 11) is 0. The van der Waals surface area contributed by atoms with Gasteiger partial charge in [0.05, 0.1) is 24.7 Å². The van der Waals surface area contributed by atoms with Crippen molar-refractivity contribution in [2.45, 2.75) is 70.1 Å². The van der Waals surface area contributed by atoms with Crippen molar-refractivity contribution < 1.29 is 43.2 Å². The number of aliphatic hydroxyl groups excluding tert-OH is 1. The molecule has 3 fully saturated rings. The van der Waals surface area contributed by atoms with Gasteiger partial charge in [-0.1, -0.05) is 36.3 Å². The molecule has 9 nitrogen and oxygen atoms in total. The van der Waals surface area contributed by atoms with Crippen molar-refractivity contribution in [3.63, 3.8) is 0 Å². The van der Waals surface area contributed by atoms with Crippen LogP contribution < -0.4 is 0 Å². The van der Waals surface area contributed by atoms with Crippen molar-refractivity contribution in [3.05, 3.63) is 47.6 Å². The molecule has 0 aromatic carbocycles. The quantitative estimate of drug-likeness (QED) is 0.231. The van der Waals surface area contributed by atoms with E-state index in [1.54, 1.807) is 6.92 Å². The van der Waals surface area contributed by atoms with E-state index in [0.29, 0.717) is 25.0 Å². The summed E-state index contributed by atoms with van der Waals surface area (Å²) >= 11 is 0. The molecule has 3 aliphatic heterocycles. The minimum absolute atomic E-state index is 0.00667. The lowest BCUT2D eigenvalue weighted by molar-refractivity contribution is -0.232. The molecule has 2 spiro atoms. The fourth-order valence-corrected chi connectivity index (χ4v) is 6.50. The molecule has 2 bridgehead atoms. The molecule has 1 saturated carbocycles. The van der Waals surface area contributed by atoms with Gasteiger partial charge in [0.25, 0.3) is 0 Å². The molecule has 2 saturated heterocycles. The van der Waals surface area contributed by atoms with Crippen molar-refractivity contribution in [1.82, 2.24) is 0 Å². The average Bonchev–Trinajstić information content (AvgIpc) is 3.61. The molecule has 194 valence electrons. The summed E-state index contributed by atoms with van der Waals surface area (Å²) in [5.41, 5.74) is -0.668. The number of carbonyl (C=O) groups excluding carboxylic acids is 3. The van der Waals surface area contributed by atoms with E-state index >= 15 is 0 Å². The molecule has 3 heterocycles. The summed E-state index contributed by atoms with van der Waals surface area (Å²) in [6.45, 7) is 6.21. The van der Waals surface area contributed by atoms with Gasteiger partial charge >= 0.3 is 17.9 Å². The predicted octanol–water partition coefficient (Wildman–Crippen LogP) is 2.09. The number of rotatable bonds is 0. The third-order valence-corrected chi connectivity index (χ3v) is 8.65. The lowest BCUT2D eigenvalue weighted by Crippen LogP contribution is -2.66. The van der Waals surface area contributed by atoms with Crippen molar-refractivity contribution in [2.75, 3.05) is 19.8 Å². The molecule has 36 heavy (non-hydrogen) atoms. The number of aliphatic hydroxyl groups is 1. The first-order chi connectivity index (χ1) is 17.1. The van der Waals surface area contributed by atoms with E-state index in [1.165, 1.54) is 30.4 Å². The highest BCUT2D eigenvalue weighted by atomic mass is 16.7. The minimum atomic E-state index is -1.13. The van der Waals surface area contributed by atoms with Gasteiger partial charge in [0.1, 0.15) is 30.5 Å². The standard InChI is InChI=1S/C27H32O9/c1-16-8-10-26-14-33-21(30)13-17(2)9-11-32-19(28)6-4-5-7-20(29)36-23-22(31)24(35-18(26)12-16)27(15-34-27)25(23,26)3/h4-7,12-13,18,22-24,31H,8-11,14-15H2,1-3H3/b6-4-,7-5-,17-13-/t18-,22?,23-,24-,25-,26-,27-/m1/s1. The average molecular weight is 501 g/mol. The van der Waals surface area contributed by atoms with Gasteiger partial charge in [-0.2, -0.15) is 0 Å². The molecule has 5 aliphatic rings. The van der Waals surface area contributed by atoms with Crippen LogP contribution >= 0.6 is 0 Å². The van der Waals surface area contributed by atoms with Crippen LogP contribution in [-0.2, 0) is 38.1 Å². The van der Waals surface area contributed by atoms with Crippen LogP contribution in [0, 0.1) is 10.8 Å². The summed E-state index contributed by atoms with van der Waals surface area (Å²) in [4.78, 5) is 37.4. The normalized spacial score (nSPS) is 46.1. The van der Waals surface area contributed by atoms with Crippen molar-refractivity contribution in [1.29, 1.82) is 0 Å². The third kappa shape index (κ3) is 3.76. The van der Waals surface area contributed by atoms with Gasteiger partial charge in [0, 0.05) is 30.1 Å². The van der Waals surface area contributed by atoms with Crippen LogP contribution in [0.5, 0.6) is 0 Å². The van der Waals surface area contributed by atoms with Crippen LogP contribution in [0.4, 0.5) is 0 Å². The fourth-order valence-electron chi connectivity index (χ4n) is 6.50. The van der Waals surface area contributed by atoms with Crippen molar-refractivity contribution in [3.8, 4) is 0 Å². The Kier molecular flexibility index (Phi) is 6.21. The Morgan fingerprint density at radius 2 is 1.64 bits per heavy atom. The lowest BCUT2D eigenvalue weighted by atomic mass is 9.51. The van der Waals surface area contributed by atoms with Crippen LogP contribution in [0.1, 0.15) is 40.0 Å². The molecule has 1 N–H and O–H groups in total. The number of hydrogen-bond donors (Lipinski definition) is 1. The first-order valence-electron chi connectivity index (χ1n) is 12.3. The zero-order valence-electron chi connectivity index (χ0n) is 20.7. The van der Waals surface area contributed by atoms with E-state index < -0.39 is 58.8 Å². The first kappa shape index (κ1) is 24.9. The smallest absolute Gasteiger partial charge is 0.331 e. The summed E-state index contributed by atoms with van der Waals surface area (Å²) in [6.07, 6.45) is 7.09. The maximum absolute atomic E-state index is 12.8. The fraction of sp³-hybridized carbons (Fsp3) is 0.593. The third-order valence-electron chi connectivity index (χ3n) is 8.65. The molecule has 0 aromatic rings. The monoisotopic (exact) mass is 500 g/mol. The Hall–Kier alpha value is -2.75. The highest BCUT2D eigenvalue weighted by Gasteiger charge is 2.85. The zero-order valence-corrected chi connectivity index (χ0v) is 20.7. The molecule has 0 aromatic heterocycles. The molecule has 7 atom stereocenters. The van der Waals surface area contributed by atoms with E-state index in [9.17, 15) is 19.5 Å². The number of allylic oxidation sites excluding steroid dienone is 3. The summed E-state index contributed by atoms with van der Waals surface area (Å²) in [5.74, 6) is -1.77. The summed E-state index contributed by atoms with van der Waals surface area (Å²) in [6, 6.07) is 0. The van der Waals surface area contributed by atoms with Crippen LogP contribution in [-0.4, -0.2) is 72.9 Å². The second-order valence-electron chi connectivity index (χ2n) is 10.6. The molecular weight excluding hydrogens is 468 g/mol. The van der Waals surface area contributed by atoms with Gasteiger partial charge in [-0.25, -0.2) is 14.4 Å². The molecule has 5 rings (SSSR count). The summed E-state index contributed by atoms with van der Waals surface area (Å²) < 4.78 is 29.3. The highest BCUT2D eigenvalue weighted by Crippen LogP contribution is 2.72. The topological polar surface area (TPSA) is 121 Å². The maximum atomic E-state index is 12.8. The number of esters is 3. The number of hydrogen-bond acceptors (Lipinski definition) is 9. The van der Waals surface area contributed by atoms with Gasteiger partial charge < -0.3 is 28.8 Å². The van der Waals surface area contributed by atoms with E-state index in [-0.39, 0.29) is 13.2 Å².